The maximum atomic E-state index is 11.7. The number of nitrogens with zero attached hydrogens (tertiary/aromatic N) is 1. The predicted molar refractivity (Wildman–Crippen MR) is 57.7 cm³/mol. The summed E-state index contributed by atoms with van der Waals surface area (Å²) in [7, 11) is 0. The van der Waals surface area contributed by atoms with Crippen LogP contribution in [-0.2, 0) is 4.74 Å². The molecule has 2 aliphatic rings. The molecule has 0 radical (unpaired) electrons. The van der Waals surface area contributed by atoms with E-state index in [0.29, 0.717) is 18.6 Å². The number of ether oxygens (including phenoxy) is 1. The Morgan fingerprint density at radius 1 is 1.40 bits per heavy atom. The molecule has 0 aliphatic carbocycles. The Bertz CT molecular complexity index is 237. The number of piperidine rings is 1. The lowest BCUT2D eigenvalue weighted by Crippen LogP contribution is -2.48. The Morgan fingerprint density at radius 2 is 2.07 bits per heavy atom. The van der Waals surface area contributed by atoms with E-state index in [1.807, 2.05) is 4.90 Å². The highest BCUT2D eigenvalue weighted by Gasteiger charge is 2.39. The number of rotatable bonds is 2. The fourth-order valence-electron chi connectivity index (χ4n) is 2.47. The molecule has 1 amide bonds. The van der Waals surface area contributed by atoms with E-state index in [2.05, 4.69) is 19.2 Å². The molecule has 2 fully saturated rings. The lowest BCUT2D eigenvalue weighted by molar-refractivity contribution is 0.127. The minimum atomic E-state index is -0.111. The van der Waals surface area contributed by atoms with Crippen molar-refractivity contribution in [2.45, 2.75) is 38.8 Å². The zero-order valence-electron chi connectivity index (χ0n) is 9.53. The fraction of sp³-hybridized carbons (Fsp3) is 0.909. The third kappa shape index (κ3) is 2.09. The summed E-state index contributed by atoms with van der Waals surface area (Å²) < 4.78 is 5.16. The number of nitrogens with one attached hydrogen (secondary N) is 1. The molecule has 1 atom stereocenters. The van der Waals surface area contributed by atoms with Crippen LogP contribution in [0.2, 0.25) is 0 Å². The van der Waals surface area contributed by atoms with Gasteiger partial charge in [-0.1, -0.05) is 13.8 Å². The van der Waals surface area contributed by atoms with E-state index >= 15 is 0 Å². The minimum Gasteiger partial charge on any atom is -0.447 e. The molecular formula is C11H20N2O2. The largest absolute Gasteiger partial charge is 0.447 e. The van der Waals surface area contributed by atoms with Gasteiger partial charge in [0, 0.05) is 6.04 Å². The lowest BCUT2D eigenvalue weighted by Gasteiger charge is -2.35. The third-order valence-corrected chi connectivity index (χ3v) is 3.42. The van der Waals surface area contributed by atoms with E-state index < -0.39 is 0 Å². The van der Waals surface area contributed by atoms with Crippen molar-refractivity contribution >= 4 is 6.09 Å². The summed E-state index contributed by atoms with van der Waals surface area (Å²) >= 11 is 0. The number of carbonyl (C=O) groups is 1. The third-order valence-electron chi connectivity index (χ3n) is 3.42. The van der Waals surface area contributed by atoms with Crippen LogP contribution in [0.1, 0.15) is 26.7 Å². The van der Waals surface area contributed by atoms with E-state index in [0.717, 1.165) is 25.9 Å². The van der Waals surface area contributed by atoms with Crippen molar-refractivity contribution < 1.29 is 9.53 Å². The summed E-state index contributed by atoms with van der Waals surface area (Å²) in [5.41, 5.74) is 0. The first-order valence-corrected chi connectivity index (χ1v) is 5.86. The van der Waals surface area contributed by atoms with Gasteiger partial charge in [0.15, 0.2) is 0 Å². The summed E-state index contributed by atoms with van der Waals surface area (Å²) in [6.45, 7) is 6.90. The highest BCUT2D eigenvalue weighted by atomic mass is 16.6. The van der Waals surface area contributed by atoms with Crippen LogP contribution in [-0.4, -0.2) is 42.8 Å². The SMILES string of the molecule is CC(C)[C@@H]1COC(=O)N1C1CCNCC1. The van der Waals surface area contributed by atoms with Gasteiger partial charge in [-0.2, -0.15) is 0 Å². The van der Waals surface area contributed by atoms with Crippen molar-refractivity contribution in [3.8, 4) is 0 Å². The first-order chi connectivity index (χ1) is 7.20. The molecule has 2 saturated heterocycles. The van der Waals surface area contributed by atoms with Crippen LogP contribution in [0.15, 0.2) is 0 Å². The number of hydrogen-bond donors (Lipinski definition) is 1. The molecule has 1 N–H and O–H groups in total. The zero-order chi connectivity index (χ0) is 10.8. The topological polar surface area (TPSA) is 41.6 Å². The standard InChI is InChI=1S/C11H20N2O2/c1-8(2)10-7-15-11(14)13(10)9-3-5-12-6-4-9/h8-10,12H,3-7H2,1-2H3/t10-/m0/s1. The minimum absolute atomic E-state index is 0.111. The van der Waals surface area contributed by atoms with Crippen molar-refractivity contribution in [1.82, 2.24) is 10.2 Å². The van der Waals surface area contributed by atoms with E-state index in [1.165, 1.54) is 0 Å². The molecule has 4 nitrogen and oxygen atoms in total. The summed E-state index contributed by atoms with van der Waals surface area (Å²) in [6.07, 6.45) is 2.00. The van der Waals surface area contributed by atoms with Gasteiger partial charge in [0.1, 0.15) is 6.61 Å². The number of hydrogen-bond acceptors (Lipinski definition) is 3. The van der Waals surface area contributed by atoms with Crippen molar-refractivity contribution in [1.29, 1.82) is 0 Å². The van der Waals surface area contributed by atoms with E-state index in [4.69, 9.17) is 4.74 Å². The van der Waals surface area contributed by atoms with Gasteiger partial charge in [-0.25, -0.2) is 4.79 Å². The molecule has 4 heteroatoms. The maximum Gasteiger partial charge on any atom is 0.410 e. The lowest BCUT2D eigenvalue weighted by atomic mass is 9.98. The van der Waals surface area contributed by atoms with Crippen LogP contribution in [0.25, 0.3) is 0 Å². The number of amides is 1. The zero-order valence-corrected chi connectivity index (χ0v) is 9.53. The summed E-state index contributed by atoms with van der Waals surface area (Å²) in [6, 6.07) is 0.661. The predicted octanol–water partition coefficient (Wildman–Crippen LogP) is 1.22. The average molecular weight is 212 g/mol. The molecule has 0 aromatic heterocycles. The van der Waals surface area contributed by atoms with Crippen LogP contribution < -0.4 is 5.32 Å². The summed E-state index contributed by atoms with van der Waals surface area (Å²) in [5, 5.41) is 3.32. The molecule has 0 aromatic carbocycles. The van der Waals surface area contributed by atoms with Gasteiger partial charge < -0.3 is 10.1 Å². The molecule has 2 heterocycles. The number of carbonyl (C=O) groups excluding carboxylic acids is 1. The van der Waals surface area contributed by atoms with Gasteiger partial charge in [-0.15, -0.1) is 0 Å². The Hall–Kier alpha value is -0.770. The van der Waals surface area contributed by atoms with Gasteiger partial charge in [-0.3, -0.25) is 4.90 Å². The van der Waals surface area contributed by atoms with E-state index in [9.17, 15) is 4.79 Å². The van der Waals surface area contributed by atoms with Crippen LogP contribution >= 0.6 is 0 Å². The normalized spacial score (nSPS) is 28.6. The van der Waals surface area contributed by atoms with Crippen LogP contribution in [0, 0.1) is 5.92 Å². The summed E-state index contributed by atoms with van der Waals surface area (Å²) in [5.74, 6) is 0.478. The molecular weight excluding hydrogens is 192 g/mol. The van der Waals surface area contributed by atoms with Crippen LogP contribution in [0.4, 0.5) is 4.79 Å². The Kier molecular flexibility index (Phi) is 3.14. The van der Waals surface area contributed by atoms with Crippen LogP contribution in [0.3, 0.4) is 0 Å². The highest BCUT2D eigenvalue weighted by molar-refractivity contribution is 5.70. The van der Waals surface area contributed by atoms with Gasteiger partial charge in [0.2, 0.25) is 0 Å². The molecule has 2 aliphatic heterocycles. The van der Waals surface area contributed by atoms with Gasteiger partial charge >= 0.3 is 6.09 Å². The highest BCUT2D eigenvalue weighted by Crippen LogP contribution is 2.25. The molecule has 2 rings (SSSR count). The van der Waals surface area contributed by atoms with Gasteiger partial charge in [-0.05, 0) is 31.8 Å². The first kappa shape index (κ1) is 10.7. The molecule has 86 valence electrons. The van der Waals surface area contributed by atoms with E-state index in [1.54, 1.807) is 0 Å². The molecule has 0 bridgehead atoms. The number of cyclic esters (lactones) is 1. The molecule has 15 heavy (non-hydrogen) atoms. The van der Waals surface area contributed by atoms with Crippen LogP contribution in [0.5, 0.6) is 0 Å². The second kappa shape index (κ2) is 4.39. The smallest absolute Gasteiger partial charge is 0.410 e. The monoisotopic (exact) mass is 212 g/mol. The molecule has 0 aromatic rings. The van der Waals surface area contributed by atoms with Crippen molar-refractivity contribution in [3.05, 3.63) is 0 Å². The van der Waals surface area contributed by atoms with Crippen molar-refractivity contribution in [3.63, 3.8) is 0 Å². The second-order valence-corrected chi connectivity index (χ2v) is 4.78. The Morgan fingerprint density at radius 3 is 2.67 bits per heavy atom. The van der Waals surface area contributed by atoms with Crippen molar-refractivity contribution in [2.24, 2.45) is 5.92 Å². The second-order valence-electron chi connectivity index (χ2n) is 4.78. The average Bonchev–Trinajstić information content (AvgIpc) is 2.61. The molecule has 0 unspecified atom stereocenters. The van der Waals surface area contributed by atoms with Gasteiger partial charge in [0.05, 0.1) is 6.04 Å². The van der Waals surface area contributed by atoms with Crippen molar-refractivity contribution in [2.75, 3.05) is 19.7 Å². The quantitative estimate of drug-likeness (QED) is 0.748. The Labute approximate surface area is 91.0 Å². The summed E-state index contributed by atoms with van der Waals surface area (Å²) in [4.78, 5) is 13.6. The fourth-order valence-corrected chi connectivity index (χ4v) is 2.47. The van der Waals surface area contributed by atoms with Gasteiger partial charge in [0.25, 0.3) is 0 Å². The maximum absolute atomic E-state index is 11.7. The molecule has 0 spiro atoms. The Balaban J connectivity index is 2.05. The van der Waals surface area contributed by atoms with E-state index in [-0.39, 0.29) is 12.1 Å². The molecule has 0 saturated carbocycles. The first-order valence-electron chi connectivity index (χ1n) is 5.86.